The van der Waals surface area contributed by atoms with E-state index in [4.69, 9.17) is 4.84 Å². The summed E-state index contributed by atoms with van der Waals surface area (Å²) in [6.45, 7) is 0.119. The number of halogens is 1. The highest BCUT2D eigenvalue weighted by Gasteiger charge is 2.14. The molecule has 0 saturated heterocycles. The van der Waals surface area contributed by atoms with Crippen LogP contribution in [0.25, 0.3) is 0 Å². The number of carbonyl (C=O) groups is 1. The number of rotatable bonds is 8. The lowest BCUT2D eigenvalue weighted by Crippen LogP contribution is -2.30. The highest BCUT2D eigenvalue weighted by atomic mass is 32.2. The van der Waals surface area contributed by atoms with Crippen molar-refractivity contribution in [2.75, 3.05) is 6.54 Å². The summed E-state index contributed by atoms with van der Waals surface area (Å²) in [5.41, 5.74) is 3.14. The van der Waals surface area contributed by atoms with E-state index in [1.165, 1.54) is 0 Å². The maximum atomic E-state index is 12.8. The molecule has 128 valence electrons. The highest BCUT2D eigenvalue weighted by molar-refractivity contribution is 7.89. The Kier molecular flexibility index (Phi) is 6.42. The zero-order chi connectivity index (χ0) is 17.4. The van der Waals surface area contributed by atoms with E-state index in [0.29, 0.717) is 0 Å². The predicted molar refractivity (Wildman–Crippen MR) is 85.6 cm³/mol. The molecule has 6 nitrogen and oxygen atoms in total. The first-order valence-electron chi connectivity index (χ1n) is 7.17. The lowest BCUT2D eigenvalue weighted by atomic mass is 10.2. The number of hydrogen-bond acceptors (Lipinski definition) is 4. The van der Waals surface area contributed by atoms with E-state index >= 15 is 0 Å². The van der Waals surface area contributed by atoms with Gasteiger partial charge >= 0.3 is 0 Å². The molecule has 2 N–H and O–H groups in total. The van der Waals surface area contributed by atoms with Crippen molar-refractivity contribution in [3.63, 3.8) is 0 Å². The smallest absolute Gasteiger partial charge is 0.244 e. The van der Waals surface area contributed by atoms with Gasteiger partial charge in [0.25, 0.3) is 0 Å². The van der Waals surface area contributed by atoms with Crippen molar-refractivity contribution in [3.8, 4) is 0 Å². The summed E-state index contributed by atoms with van der Waals surface area (Å²) in [6, 6.07) is 13.7. The van der Waals surface area contributed by atoms with Crippen LogP contribution >= 0.6 is 0 Å². The molecule has 0 spiro atoms. The van der Waals surface area contributed by atoms with Gasteiger partial charge in [-0.25, -0.2) is 23.0 Å². The molecule has 0 atom stereocenters. The van der Waals surface area contributed by atoms with E-state index in [1.54, 1.807) is 0 Å². The van der Waals surface area contributed by atoms with E-state index in [2.05, 4.69) is 10.2 Å². The minimum absolute atomic E-state index is 0.0652. The Morgan fingerprint density at radius 1 is 1.04 bits per heavy atom. The normalized spacial score (nSPS) is 11.2. The summed E-state index contributed by atoms with van der Waals surface area (Å²) in [5.74, 6) is -0.975. The van der Waals surface area contributed by atoms with Crippen molar-refractivity contribution in [2.24, 2.45) is 0 Å². The van der Waals surface area contributed by atoms with Crippen LogP contribution in [0.1, 0.15) is 12.0 Å². The Balaban J connectivity index is 1.71. The monoisotopic (exact) mass is 352 g/mol. The summed E-state index contributed by atoms with van der Waals surface area (Å²) < 4.78 is 38.9. The number of carbonyl (C=O) groups excluding carboxylic acids is 1. The molecule has 2 aromatic rings. The third-order valence-corrected chi connectivity index (χ3v) is 4.51. The second-order valence-electron chi connectivity index (χ2n) is 4.90. The van der Waals surface area contributed by atoms with Crippen LogP contribution < -0.4 is 10.2 Å². The summed E-state index contributed by atoms with van der Waals surface area (Å²) in [4.78, 5) is 16.6. The third-order valence-electron chi connectivity index (χ3n) is 3.04. The standard InChI is InChI=1S/C16H17FN2O4S/c17-14-6-8-15(9-7-14)24(21,22)18-11-10-16(20)19-23-12-13-4-2-1-3-5-13/h1-9,18H,10-12H2,(H,19,20). The van der Waals surface area contributed by atoms with E-state index in [9.17, 15) is 17.6 Å². The molecule has 0 aliphatic carbocycles. The Labute approximate surface area is 139 Å². The maximum Gasteiger partial charge on any atom is 0.244 e. The lowest BCUT2D eigenvalue weighted by Gasteiger charge is -2.08. The van der Waals surface area contributed by atoms with Crippen LogP contribution in [0.15, 0.2) is 59.5 Å². The van der Waals surface area contributed by atoms with Gasteiger partial charge in [-0.3, -0.25) is 9.63 Å². The van der Waals surface area contributed by atoms with E-state index < -0.39 is 21.7 Å². The summed E-state index contributed by atoms with van der Waals surface area (Å²) in [5, 5.41) is 0. The Hall–Kier alpha value is -2.29. The van der Waals surface area contributed by atoms with Crippen molar-refractivity contribution in [1.29, 1.82) is 0 Å². The molecule has 1 amide bonds. The molecule has 2 rings (SSSR count). The molecule has 0 aromatic heterocycles. The van der Waals surface area contributed by atoms with Gasteiger partial charge in [-0.1, -0.05) is 30.3 Å². The molecule has 0 radical (unpaired) electrons. The predicted octanol–water partition coefficient (Wildman–Crippen LogP) is 1.74. The number of benzene rings is 2. The number of nitrogens with one attached hydrogen (secondary N) is 2. The number of hydrogen-bond donors (Lipinski definition) is 2. The molecule has 0 heterocycles. The molecular weight excluding hydrogens is 335 g/mol. The summed E-state index contributed by atoms with van der Waals surface area (Å²) in [7, 11) is -3.77. The fourth-order valence-corrected chi connectivity index (χ4v) is 2.85. The zero-order valence-corrected chi connectivity index (χ0v) is 13.6. The van der Waals surface area contributed by atoms with Crippen molar-refractivity contribution in [3.05, 3.63) is 66.0 Å². The Bertz CT molecular complexity index is 764. The van der Waals surface area contributed by atoms with Crippen LogP contribution in [0.3, 0.4) is 0 Å². The molecule has 24 heavy (non-hydrogen) atoms. The first-order chi connectivity index (χ1) is 11.5. The molecule has 8 heteroatoms. The van der Waals surface area contributed by atoms with Crippen LogP contribution in [0.5, 0.6) is 0 Å². The van der Waals surface area contributed by atoms with Crippen LogP contribution in [0, 0.1) is 5.82 Å². The summed E-state index contributed by atoms with van der Waals surface area (Å²) in [6.07, 6.45) is -0.0881. The second kappa shape index (κ2) is 8.53. The molecule has 0 aliphatic heterocycles. The summed E-state index contributed by atoms with van der Waals surface area (Å²) >= 11 is 0. The van der Waals surface area contributed by atoms with Crippen molar-refractivity contribution >= 4 is 15.9 Å². The van der Waals surface area contributed by atoms with Gasteiger partial charge in [0.15, 0.2) is 0 Å². The van der Waals surface area contributed by atoms with Gasteiger partial charge in [0.1, 0.15) is 5.82 Å². The highest BCUT2D eigenvalue weighted by Crippen LogP contribution is 2.09. The fourth-order valence-electron chi connectivity index (χ4n) is 1.82. The van der Waals surface area contributed by atoms with Crippen LogP contribution in [-0.4, -0.2) is 20.9 Å². The number of amides is 1. The van der Waals surface area contributed by atoms with Crippen LogP contribution in [0.2, 0.25) is 0 Å². The number of sulfonamides is 1. The van der Waals surface area contributed by atoms with Gasteiger partial charge in [0, 0.05) is 13.0 Å². The molecule has 0 fully saturated rings. The van der Waals surface area contributed by atoms with Gasteiger partial charge in [-0.05, 0) is 29.8 Å². The Morgan fingerprint density at radius 2 is 1.71 bits per heavy atom. The Morgan fingerprint density at radius 3 is 2.38 bits per heavy atom. The van der Waals surface area contributed by atoms with Crippen LogP contribution in [-0.2, 0) is 26.3 Å². The first-order valence-corrected chi connectivity index (χ1v) is 8.65. The SMILES string of the molecule is O=C(CCNS(=O)(=O)c1ccc(F)cc1)NOCc1ccccc1. The average Bonchev–Trinajstić information content (AvgIpc) is 2.56. The maximum absolute atomic E-state index is 12.8. The second-order valence-corrected chi connectivity index (χ2v) is 6.67. The van der Waals surface area contributed by atoms with E-state index in [-0.39, 0.29) is 24.5 Å². The van der Waals surface area contributed by atoms with Gasteiger partial charge < -0.3 is 0 Å². The molecule has 0 bridgehead atoms. The van der Waals surface area contributed by atoms with E-state index in [0.717, 1.165) is 29.8 Å². The van der Waals surface area contributed by atoms with E-state index in [1.807, 2.05) is 30.3 Å². The minimum Gasteiger partial charge on any atom is -0.273 e. The quantitative estimate of drug-likeness (QED) is 0.709. The molecule has 0 aliphatic rings. The van der Waals surface area contributed by atoms with Crippen LogP contribution in [0.4, 0.5) is 4.39 Å². The van der Waals surface area contributed by atoms with Gasteiger partial charge in [-0.2, -0.15) is 0 Å². The topological polar surface area (TPSA) is 84.5 Å². The van der Waals surface area contributed by atoms with Gasteiger partial charge in [-0.15, -0.1) is 0 Å². The lowest BCUT2D eigenvalue weighted by molar-refractivity contribution is -0.134. The minimum atomic E-state index is -3.77. The fraction of sp³-hybridized carbons (Fsp3) is 0.188. The largest absolute Gasteiger partial charge is 0.273 e. The molecule has 2 aromatic carbocycles. The van der Waals surface area contributed by atoms with Crippen molar-refractivity contribution < 1.29 is 22.4 Å². The molecular formula is C16H17FN2O4S. The van der Waals surface area contributed by atoms with Crippen molar-refractivity contribution in [1.82, 2.24) is 10.2 Å². The average molecular weight is 352 g/mol. The molecule has 0 saturated carbocycles. The number of hydroxylamine groups is 1. The first kappa shape index (κ1) is 18.1. The zero-order valence-electron chi connectivity index (χ0n) is 12.7. The van der Waals surface area contributed by atoms with Gasteiger partial charge in [0.05, 0.1) is 11.5 Å². The third kappa shape index (κ3) is 5.73. The van der Waals surface area contributed by atoms with Gasteiger partial charge in [0.2, 0.25) is 15.9 Å². The molecule has 0 unspecified atom stereocenters. The van der Waals surface area contributed by atoms with Crippen molar-refractivity contribution in [2.45, 2.75) is 17.9 Å².